The van der Waals surface area contributed by atoms with Gasteiger partial charge >= 0.3 is 0 Å². The first-order valence-electron chi connectivity index (χ1n) is 9.10. The normalized spacial score (nSPS) is 16.9. The molecule has 0 spiro atoms. The lowest BCUT2D eigenvalue weighted by Crippen LogP contribution is -2.51. The van der Waals surface area contributed by atoms with Gasteiger partial charge in [0.05, 0.1) is 18.5 Å². The second-order valence-electron chi connectivity index (χ2n) is 6.56. The molecule has 8 heteroatoms. The number of nitrogens with one attached hydrogen (secondary N) is 1. The molecule has 0 aliphatic carbocycles. The number of nitrogens with zero attached hydrogens (tertiary/aromatic N) is 1. The Hall–Kier alpha value is -2.74. The van der Waals surface area contributed by atoms with Gasteiger partial charge in [-0.25, -0.2) is 8.42 Å². The molecule has 0 saturated heterocycles. The monoisotopic (exact) mass is 404 g/mol. The molecule has 1 amide bonds. The van der Waals surface area contributed by atoms with Gasteiger partial charge in [0.2, 0.25) is 15.9 Å². The van der Waals surface area contributed by atoms with Crippen molar-refractivity contribution >= 4 is 21.6 Å². The predicted octanol–water partition coefficient (Wildman–Crippen LogP) is 2.19. The number of hydrogen-bond acceptors (Lipinski definition) is 5. The van der Waals surface area contributed by atoms with Crippen molar-refractivity contribution in [2.24, 2.45) is 0 Å². The van der Waals surface area contributed by atoms with Crippen molar-refractivity contribution in [2.45, 2.75) is 25.5 Å². The maximum atomic E-state index is 12.8. The van der Waals surface area contributed by atoms with Gasteiger partial charge in [-0.1, -0.05) is 37.3 Å². The van der Waals surface area contributed by atoms with Crippen LogP contribution in [0.1, 0.15) is 13.3 Å². The summed E-state index contributed by atoms with van der Waals surface area (Å²) in [6.45, 7) is 2.31. The molecule has 28 heavy (non-hydrogen) atoms. The topological polar surface area (TPSA) is 84.9 Å². The number of carbonyl (C=O) groups excluding carboxylic acids is 1. The molecule has 1 N–H and O–H groups in total. The molecular formula is C20H24N2O5S. The number of ether oxygens (including phenoxy) is 2. The van der Waals surface area contributed by atoms with Gasteiger partial charge in [0, 0.05) is 0 Å². The van der Waals surface area contributed by atoms with Crippen LogP contribution in [0.25, 0.3) is 0 Å². The summed E-state index contributed by atoms with van der Waals surface area (Å²) < 4.78 is 37.4. The zero-order chi connectivity index (χ0) is 20.1. The number of amides is 1. The third kappa shape index (κ3) is 4.56. The van der Waals surface area contributed by atoms with Crippen LogP contribution in [0.5, 0.6) is 11.5 Å². The first-order valence-corrected chi connectivity index (χ1v) is 11.0. The summed E-state index contributed by atoms with van der Waals surface area (Å²) in [6, 6.07) is 15.1. The number of carbonyl (C=O) groups is 1. The zero-order valence-electron chi connectivity index (χ0n) is 15.9. The fourth-order valence-corrected chi connectivity index (χ4v) is 4.34. The molecule has 0 unspecified atom stereocenters. The van der Waals surface area contributed by atoms with Crippen molar-refractivity contribution in [1.82, 2.24) is 5.32 Å². The first kappa shape index (κ1) is 20.0. The second-order valence-corrected chi connectivity index (χ2v) is 8.42. The van der Waals surface area contributed by atoms with E-state index in [-0.39, 0.29) is 18.6 Å². The van der Waals surface area contributed by atoms with Gasteiger partial charge in [-0.2, -0.15) is 0 Å². The molecule has 2 atom stereocenters. The minimum atomic E-state index is -3.64. The maximum Gasteiger partial charge on any atom is 0.244 e. The number of para-hydroxylation sites is 3. The molecule has 0 saturated carbocycles. The summed E-state index contributed by atoms with van der Waals surface area (Å²) in [7, 11) is -3.64. The van der Waals surface area contributed by atoms with Crippen LogP contribution in [0.15, 0.2) is 54.6 Å². The van der Waals surface area contributed by atoms with E-state index in [0.29, 0.717) is 30.2 Å². The average Bonchev–Trinajstić information content (AvgIpc) is 2.69. The molecule has 150 valence electrons. The average molecular weight is 404 g/mol. The summed E-state index contributed by atoms with van der Waals surface area (Å²) >= 11 is 0. The van der Waals surface area contributed by atoms with Crippen LogP contribution in [-0.4, -0.2) is 45.9 Å². The SMILES string of the molecule is CC[C@@H](C(=O)NC[C@@H]1COc2ccccc2O1)N(c1ccccc1)S(C)(=O)=O. The van der Waals surface area contributed by atoms with Crippen molar-refractivity contribution < 1.29 is 22.7 Å². The predicted molar refractivity (Wildman–Crippen MR) is 107 cm³/mol. The fourth-order valence-electron chi connectivity index (χ4n) is 3.13. The number of sulfonamides is 1. The number of fused-ring (bicyclic) bond motifs is 1. The summed E-state index contributed by atoms with van der Waals surface area (Å²) in [5.41, 5.74) is 0.457. The molecule has 0 fully saturated rings. The Morgan fingerprint density at radius 2 is 1.79 bits per heavy atom. The molecule has 0 aromatic heterocycles. The van der Waals surface area contributed by atoms with Crippen LogP contribution >= 0.6 is 0 Å². The van der Waals surface area contributed by atoms with Gasteiger partial charge in [0.1, 0.15) is 18.8 Å². The highest BCUT2D eigenvalue weighted by molar-refractivity contribution is 7.92. The highest BCUT2D eigenvalue weighted by Crippen LogP contribution is 2.30. The van der Waals surface area contributed by atoms with Crippen LogP contribution in [-0.2, 0) is 14.8 Å². The summed E-state index contributed by atoms with van der Waals surface area (Å²) in [5.74, 6) is 0.921. The third-order valence-electron chi connectivity index (χ3n) is 4.41. The molecule has 1 aliphatic heterocycles. The van der Waals surface area contributed by atoms with Crippen LogP contribution in [0.4, 0.5) is 5.69 Å². The van der Waals surface area contributed by atoms with Gasteiger partial charge in [-0.15, -0.1) is 0 Å². The molecule has 7 nitrogen and oxygen atoms in total. The van der Waals surface area contributed by atoms with Gasteiger partial charge in [-0.05, 0) is 30.7 Å². The van der Waals surface area contributed by atoms with Crippen LogP contribution in [0.3, 0.4) is 0 Å². The quantitative estimate of drug-likeness (QED) is 0.765. The molecule has 0 radical (unpaired) electrons. The molecule has 2 aromatic rings. The van der Waals surface area contributed by atoms with E-state index in [1.165, 1.54) is 0 Å². The highest BCUT2D eigenvalue weighted by atomic mass is 32.2. The highest BCUT2D eigenvalue weighted by Gasteiger charge is 2.32. The van der Waals surface area contributed by atoms with E-state index in [1.54, 1.807) is 43.3 Å². The van der Waals surface area contributed by atoms with E-state index in [2.05, 4.69) is 5.32 Å². The molecule has 1 aliphatic rings. The number of hydrogen-bond donors (Lipinski definition) is 1. The Kier molecular flexibility index (Phi) is 6.08. The molecule has 0 bridgehead atoms. The zero-order valence-corrected chi connectivity index (χ0v) is 16.7. The second kappa shape index (κ2) is 8.52. The fraction of sp³-hybridized carbons (Fsp3) is 0.350. The molecular weight excluding hydrogens is 380 g/mol. The Labute approximate surface area is 165 Å². The van der Waals surface area contributed by atoms with Crippen molar-refractivity contribution in [3.63, 3.8) is 0 Å². The van der Waals surface area contributed by atoms with Gasteiger partial charge in [0.15, 0.2) is 11.5 Å². The first-order chi connectivity index (χ1) is 13.4. The van der Waals surface area contributed by atoms with Crippen molar-refractivity contribution in [1.29, 1.82) is 0 Å². The van der Waals surface area contributed by atoms with E-state index < -0.39 is 16.1 Å². The van der Waals surface area contributed by atoms with E-state index in [0.717, 1.165) is 10.6 Å². The van der Waals surface area contributed by atoms with Gasteiger partial charge in [-0.3, -0.25) is 9.10 Å². The molecule has 3 rings (SSSR count). The molecule has 1 heterocycles. The van der Waals surface area contributed by atoms with Gasteiger partial charge < -0.3 is 14.8 Å². The van der Waals surface area contributed by atoms with E-state index >= 15 is 0 Å². The number of benzene rings is 2. The standard InChI is InChI=1S/C20H24N2O5S/c1-3-17(22(28(2,24)25)15-9-5-4-6-10-15)20(23)21-13-16-14-26-18-11-7-8-12-19(18)27-16/h4-12,16-17H,3,13-14H2,1-2H3,(H,21,23)/t16-,17+/m1/s1. The Bertz CT molecular complexity index is 917. The number of anilines is 1. The van der Waals surface area contributed by atoms with E-state index in [9.17, 15) is 13.2 Å². The lowest BCUT2D eigenvalue weighted by atomic mass is 10.2. The Morgan fingerprint density at radius 3 is 2.43 bits per heavy atom. The summed E-state index contributed by atoms with van der Waals surface area (Å²) in [4.78, 5) is 12.8. The molecule has 2 aromatic carbocycles. The van der Waals surface area contributed by atoms with Crippen LogP contribution in [0, 0.1) is 0 Å². The Morgan fingerprint density at radius 1 is 1.14 bits per heavy atom. The lowest BCUT2D eigenvalue weighted by Gasteiger charge is -2.31. The lowest BCUT2D eigenvalue weighted by molar-refractivity contribution is -0.122. The summed E-state index contributed by atoms with van der Waals surface area (Å²) in [6.07, 6.45) is 1.09. The minimum absolute atomic E-state index is 0.218. The third-order valence-corrected chi connectivity index (χ3v) is 5.59. The van der Waals surface area contributed by atoms with Crippen molar-refractivity contribution in [3.05, 3.63) is 54.6 Å². The number of rotatable bonds is 7. The van der Waals surface area contributed by atoms with Crippen LogP contribution < -0.4 is 19.1 Å². The maximum absolute atomic E-state index is 12.8. The summed E-state index contributed by atoms with van der Waals surface area (Å²) in [5, 5.41) is 2.81. The van der Waals surface area contributed by atoms with Crippen LogP contribution in [0.2, 0.25) is 0 Å². The Balaban J connectivity index is 1.69. The van der Waals surface area contributed by atoms with E-state index in [4.69, 9.17) is 9.47 Å². The minimum Gasteiger partial charge on any atom is -0.486 e. The van der Waals surface area contributed by atoms with Gasteiger partial charge in [0.25, 0.3) is 0 Å². The van der Waals surface area contributed by atoms with Crippen molar-refractivity contribution in [2.75, 3.05) is 23.7 Å². The smallest absolute Gasteiger partial charge is 0.244 e. The largest absolute Gasteiger partial charge is 0.486 e. The van der Waals surface area contributed by atoms with E-state index in [1.807, 2.05) is 18.2 Å². The van der Waals surface area contributed by atoms with Crippen molar-refractivity contribution in [3.8, 4) is 11.5 Å².